The first-order valence-corrected chi connectivity index (χ1v) is 16.5. The number of benzene rings is 4. The number of aliphatic hydroxyl groups is 1. The topological polar surface area (TPSA) is 129 Å². The average molecular weight is 791 g/mol. The molecule has 1 heterocycles. The number of nitrogens with one attached hydrogen (secondary N) is 1. The van der Waals surface area contributed by atoms with Crippen LogP contribution in [0.25, 0.3) is 10.4 Å². The largest absolute Gasteiger partial charge is 0.494 e. The van der Waals surface area contributed by atoms with Gasteiger partial charge in [0.15, 0.2) is 11.6 Å². The number of azide groups is 1. The van der Waals surface area contributed by atoms with Gasteiger partial charge in [-0.15, -0.1) is 0 Å². The molecule has 0 aromatic heterocycles. The Morgan fingerprint density at radius 3 is 2.23 bits per heavy atom. The fraction of sp³-hybridized carbons (Fsp3) is 0.278. The third-order valence-corrected chi connectivity index (χ3v) is 8.69. The van der Waals surface area contributed by atoms with Gasteiger partial charge >= 0.3 is 12.4 Å². The molecular formula is C36H30BrF6N5O4. The smallest absolute Gasteiger partial charge is 0.416 e. The number of aliphatic hydroxyl groups excluding tert-OH is 1. The molecule has 0 saturated heterocycles. The summed E-state index contributed by atoms with van der Waals surface area (Å²) in [7, 11) is 0. The Hall–Kier alpha value is -5.05. The summed E-state index contributed by atoms with van der Waals surface area (Å²) in [5.74, 6) is -0.328. The van der Waals surface area contributed by atoms with Gasteiger partial charge < -0.3 is 19.9 Å². The zero-order chi connectivity index (χ0) is 37.5. The molecule has 0 saturated carbocycles. The highest BCUT2D eigenvalue weighted by molar-refractivity contribution is 9.10. The second-order valence-corrected chi connectivity index (χ2v) is 12.7. The fourth-order valence-corrected chi connectivity index (χ4v) is 5.94. The third kappa shape index (κ3) is 9.05. The monoisotopic (exact) mass is 789 g/mol. The molecule has 0 unspecified atom stereocenters. The number of ether oxygens (including phenoxy) is 2. The average Bonchev–Trinajstić information content (AvgIpc) is 3.50. The molecule has 0 fully saturated rings. The van der Waals surface area contributed by atoms with E-state index in [0.717, 1.165) is 4.47 Å². The van der Waals surface area contributed by atoms with Crippen LogP contribution in [0.15, 0.2) is 106 Å². The van der Waals surface area contributed by atoms with Crippen LogP contribution in [-0.4, -0.2) is 35.7 Å². The van der Waals surface area contributed by atoms with E-state index < -0.39 is 53.1 Å². The van der Waals surface area contributed by atoms with Gasteiger partial charge in [0.25, 0.3) is 5.91 Å². The van der Waals surface area contributed by atoms with Crippen LogP contribution in [-0.2, 0) is 41.4 Å². The Morgan fingerprint density at radius 2 is 1.62 bits per heavy atom. The Morgan fingerprint density at radius 1 is 0.962 bits per heavy atom. The van der Waals surface area contributed by atoms with Crippen molar-refractivity contribution in [3.05, 3.63) is 145 Å². The second kappa shape index (κ2) is 16.1. The Bertz CT molecular complexity index is 1930. The van der Waals surface area contributed by atoms with Crippen molar-refractivity contribution in [1.82, 2.24) is 5.32 Å². The maximum Gasteiger partial charge on any atom is 0.416 e. The number of carbonyl (C=O) groups is 1. The van der Waals surface area contributed by atoms with Crippen molar-refractivity contribution in [1.29, 1.82) is 0 Å². The molecule has 1 aliphatic heterocycles. The molecule has 0 spiro atoms. The molecule has 4 aromatic carbocycles. The van der Waals surface area contributed by atoms with Crippen LogP contribution in [0.3, 0.4) is 0 Å². The Balaban J connectivity index is 1.62. The van der Waals surface area contributed by atoms with E-state index in [2.05, 4.69) is 31.3 Å². The van der Waals surface area contributed by atoms with Gasteiger partial charge in [-0.25, -0.2) is 4.99 Å². The highest BCUT2D eigenvalue weighted by Crippen LogP contribution is 2.44. The van der Waals surface area contributed by atoms with Crippen LogP contribution in [0, 0.1) is 0 Å². The third-order valence-electron chi connectivity index (χ3n) is 8.16. The predicted octanol–water partition coefficient (Wildman–Crippen LogP) is 8.87. The molecule has 0 aliphatic carbocycles. The van der Waals surface area contributed by atoms with Crippen LogP contribution in [0.4, 0.5) is 26.3 Å². The molecule has 16 heteroatoms. The van der Waals surface area contributed by atoms with Gasteiger partial charge in [0.2, 0.25) is 5.90 Å². The van der Waals surface area contributed by atoms with E-state index >= 15 is 0 Å². The first kappa shape index (κ1) is 38.2. The van der Waals surface area contributed by atoms with E-state index in [9.17, 15) is 31.1 Å². The van der Waals surface area contributed by atoms with Gasteiger partial charge in [0, 0.05) is 40.9 Å². The van der Waals surface area contributed by atoms with Crippen molar-refractivity contribution >= 4 is 27.7 Å². The van der Waals surface area contributed by atoms with Crippen LogP contribution in [0.5, 0.6) is 5.75 Å². The predicted molar refractivity (Wildman–Crippen MR) is 182 cm³/mol. The normalized spacial score (nSPS) is 17.2. The van der Waals surface area contributed by atoms with Gasteiger partial charge in [0.05, 0.1) is 24.3 Å². The molecule has 52 heavy (non-hydrogen) atoms. The molecule has 9 nitrogen and oxygen atoms in total. The minimum atomic E-state index is -5.08. The van der Waals surface area contributed by atoms with Crippen molar-refractivity contribution in [3.8, 4) is 5.75 Å². The zero-order valence-electron chi connectivity index (χ0n) is 27.1. The number of amides is 1. The lowest BCUT2D eigenvalue weighted by Crippen LogP contribution is -2.50. The van der Waals surface area contributed by atoms with Crippen molar-refractivity contribution in [3.63, 3.8) is 0 Å². The van der Waals surface area contributed by atoms with Crippen LogP contribution in [0.1, 0.15) is 51.5 Å². The van der Waals surface area contributed by atoms with Crippen LogP contribution < -0.4 is 10.1 Å². The molecule has 0 radical (unpaired) electrons. The van der Waals surface area contributed by atoms with Gasteiger partial charge in [0.1, 0.15) is 5.75 Å². The van der Waals surface area contributed by atoms with E-state index in [1.54, 1.807) is 72.8 Å². The minimum Gasteiger partial charge on any atom is -0.494 e. The number of halogens is 7. The number of carbonyl (C=O) groups excluding carboxylic acids is 1. The standard InChI is InChI=1S/C36H30BrF6N5O4/c37-28-10-6-22(7-11-28)19-34(33(50)45-20-23-16-26(35(38,39)40)18-27(17-23)36(41,42)43)31(30-5-2-1-4-25(30)21-46-48-44)52-32(47-34)24-8-12-29(13-9-24)51-15-3-14-49/h1-2,4-13,16-18,31,49H,3,14-15,19-21H2,(H,45,50)/t31-,34-/m1/s1. The van der Waals surface area contributed by atoms with Gasteiger partial charge in [-0.3, -0.25) is 4.79 Å². The second-order valence-electron chi connectivity index (χ2n) is 11.8. The maximum atomic E-state index is 14.6. The van der Waals surface area contributed by atoms with Gasteiger partial charge in [-0.05, 0) is 82.4 Å². The van der Waals surface area contributed by atoms with E-state index in [1.807, 2.05) is 0 Å². The fourth-order valence-electron chi connectivity index (χ4n) is 5.67. The zero-order valence-corrected chi connectivity index (χ0v) is 28.7. The maximum absolute atomic E-state index is 14.6. The summed E-state index contributed by atoms with van der Waals surface area (Å²) < 4.78 is 94.7. The van der Waals surface area contributed by atoms with Crippen LogP contribution >= 0.6 is 15.9 Å². The number of rotatable bonds is 13. The lowest BCUT2D eigenvalue weighted by molar-refractivity contribution is -0.143. The van der Waals surface area contributed by atoms with Crippen molar-refractivity contribution in [2.24, 2.45) is 10.1 Å². The molecule has 2 N–H and O–H groups in total. The highest BCUT2D eigenvalue weighted by atomic mass is 79.9. The van der Waals surface area contributed by atoms with E-state index in [-0.39, 0.29) is 38.1 Å². The molecule has 1 amide bonds. The summed E-state index contributed by atoms with van der Waals surface area (Å²) in [4.78, 5) is 22.3. The summed E-state index contributed by atoms with van der Waals surface area (Å²) >= 11 is 3.38. The summed E-state index contributed by atoms with van der Waals surface area (Å²) in [5.41, 5.74) is 5.67. The molecule has 2 atom stereocenters. The first-order valence-electron chi connectivity index (χ1n) is 15.7. The summed E-state index contributed by atoms with van der Waals surface area (Å²) in [6, 6.07) is 21.3. The SMILES string of the molecule is [N-]=[N+]=NCc1ccccc1[C@H]1OC(c2ccc(OCCCO)cc2)=N[C@@]1(Cc1ccc(Br)cc1)C(=O)NCc1cc(C(F)(F)F)cc(C(F)(F)F)c1. The van der Waals surface area contributed by atoms with Crippen molar-refractivity contribution in [2.75, 3.05) is 13.2 Å². The quantitative estimate of drug-likeness (QED) is 0.0461. The van der Waals surface area contributed by atoms with Crippen molar-refractivity contribution in [2.45, 2.75) is 49.9 Å². The molecular weight excluding hydrogens is 760 g/mol. The number of aliphatic imine (C=N–C) groups is 1. The summed E-state index contributed by atoms with van der Waals surface area (Å²) in [6.45, 7) is -0.608. The molecule has 0 bridgehead atoms. The summed E-state index contributed by atoms with van der Waals surface area (Å²) in [5, 5.41) is 15.3. The van der Waals surface area contributed by atoms with E-state index in [4.69, 9.17) is 25.1 Å². The molecule has 272 valence electrons. The van der Waals surface area contributed by atoms with Crippen molar-refractivity contribution < 1.29 is 45.7 Å². The van der Waals surface area contributed by atoms with E-state index in [1.165, 1.54) is 0 Å². The van der Waals surface area contributed by atoms with Crippen LogP contribution in [0.2, 0.25) is 0 Å². The lowest BCUT2D eigenvalue weighted by Gasteiger charge is -2.32. The number of hydrogen-bond donors (Lipinski definition) is 2. The van der Waals surface area contributed by atoms with Gasteiger partial charge in [-0.1, -0.05) is 57.4 Å². The Labute approximate surface area is 302 Å². The molecule has 5 rings (SSSR count). The number of nitrogens with zero attached hydrogens (tertiary/aromatic N) is 4. The number of alkyl halides is 6. The number of hydrogen-bond acceptors (Lipinski definition) is 6. The molecule has 4 aromatic rings. The minimum absolute atomic E-state index is 0.0152. The first-order chi connectivity index (χ1) is 24.7. The lowest BCUT2D eigenvalue weighted by atomic mass is 9.80. The van der Waals surface area contributed by atoms with E-state index in [0.29, 0.717) is 46.6 Å². The summed E-state index contributed by atoms with van der Waals surface area (Å²) in [6.07, 6.45) is -11.1. The molecule has 1 aliphatic rings. The Kier molecular flexibility index (Phi) is 11.8. The highest BCUT2D eigenvalue weighted by Gasteiger charge is 2.54. The van der Waals surface area contributed by atoms with Gasteiger partial charge in [-0.2, -0.15) is 26.3 Å².